The average molecular weight is 190 g/mol. The number of nitriles is 1. The molecule has 0 saturated carbocycles. The van der Waals surface area contributed by atoms with E-state index in [9.17, 15) is 0 Å². The lowest BCUT2D eigenvalue weighted by Gasteiger charge is -2.17. The fraction of sp³-hybridized carbons (Fsp3) is 0.500. The van der Waals surface area contributed by atoms with E-state index in [0.717, 1.165) is 0 Å². The first-order valence-electron chi connectivity index (χ1n) is 4.62. The molecule has 4 heteroatoms. The molecule has 1 N–H and O–H groups in total. The Kier molecular flexibility index (Phi) is 3.41. The first-order valence-corrected chi connectivity index (χ1v) is 4.62. The van der Waals surface area contributed by atoms with Crippen LogP contribution in [0.3, 0.4) is 0 Å². The van der Waals surface area contributed by atoms with Gasteiger partial charge >= 0.3 is 0 Å². The van der Waals surface area contributed by atoms with Gasteiger partial charge < -0.3 is 5.32 Å². The lowest BCUT2D eigenvalue weighted by Crippen LogP contribution is -2.22. The van der Waals surface area contributed by atoms with E-state index in [-0.39, 0.29) is 0 Å². The normalized spacial score (nSPS) is 12.2. The molecule has 0 bridgehead atoms. The van der Waals surface area contributed by atoms with Gasteiger partial charge in [-0.1, -0.05) is 13.8 Å². The standard InChI is InChI=1S/C10H14N4/c1-7(2)8(3)14-10-6-12-9(4-11)5-13-10/h5-8H,1-3H3,(H,13,14). The molecule has 0 saturated heterocycles. The van der Waals surface area contributed by atoms with Crippen LogP contribution in [-0.2, 0) is 0 Å². The van der Waals surface area contributed by atoms with Gasteiger partial charge in [-0.25, -0.2) is 9.97 Å². The van der Waals surface area contributed by atoms with Gasteiger partial charge in [0.15, 0.2) is 5.69 Å². The maximum absolute atomic E-state index is 8.53. The Balaban J connectivity index is 2.65. The minimum Gasteiger partial charge on any atom is -0.366 e. The molecule has 1 atom stereocenters. The van der Waals surface area contributed by atoms with E-state index >= 15 is 0 Å². The number of nitrogens with one attached hydrogen (secondary N) is 1. The number of anilines is 1. The van der Waals surface area contributed by atoms with Crippen LogP contribution < -0.4 is 5.32 Å². The molecule has 0 aromatic carbocycles. The lowest BCUT2D eigenvalue weighted by atomic mass is 10.1. The molecule has 1 rings (SSSR count). The van der Waals surface area contributed by atoms with Crippen LogP contribution in [-0.4, -0.2) is 16.0 Å². The van der Waals surface area contributed by atoms with Crippen LogP contribution >= 0.6 is 0 Å². The van der Waals surface area contributed by atoms with E-state index in [4.69, 9.17) is 5.26 Å². The predicted molar refractivity (Wildman–Crippen MR) is 54.7 cm³/mol. The highest BCUT2D eigenvalue weighted by atomic mass is 15.0. The van der Waals surface area contributed by atoms with Gasteiger partial charge in [-0.3, -0.25) is 0 Å². The molecule has 1 aromatic heterocycles. The molecule has 14 heavy (non-hydrogen) atoms. The summed E-state index contributed by atoms with van der Waals surface area (Å²) in [6.45, 7) is 6.36. The summed E-state index contributed by atoms with van der Waals surface area (Å²) in [6.07, 6.45) is 3.05. The topological polar surface area (TPSA) is 61.6 Å². The molecule has 1 unspecified atom stereocenters. The zero-order valence-electron chi connectivity index (χ0n) is 8.65. The van der Waals surface area contributed by atoms with Gasteiger partial charge in [0.2, 0.25) is 0 Å². The average Bonchev–Trinajstić information content (AvgIpc) is 2.19. The minimum absolute atomic E-state index is 0.341. The molecule has 1 aromatic rings. The summed E-state index contributed by atoms with van der Waals surface area (Å²) in [4.78, 5) is 8.00. The molecule has 1 heterocycles. The van der Waals surface area contributed by atoms with Gasteiger partial charge in [-0.15, -0.1) is 0 Å². The Morgan fingerprint density at radius 1 is 1.29 bits per heavy atom. The van der Waals surface area contributed by atoms with E-state index in [1.165, 1.54) is 6.20 Å². The van der Waals surface area contributed by atoms with Crippen LogP contribution in [0, 0.1) is 17.2 Å². The van der Waals surface area contributed by atoms with Crippen molar-refractivity contribution >= 4 is 5.82 Å². The van der Waals surface area contributed by atoms with Crippen molar-refractivity contribution in [3.05, 3.63) is 18.1 Å². The summed E-state index contributed by atoms with van der Waals surface area (Å²) in [6, 6.07) is 2.27. The highest BCUT2D eigenvalue weighted by Gasteiger charge is 2.07. The van der Waals surface area contributed by atoms with E-state index in [1.54, 1.807) is 6.20 Å². The third kappa shape index (κ3) is 2.70. The zero-order valence-corrected chi connectivity index (χ0v) is 8.65. The molecule has 0 amide bonds. The summed E-state index contributed by atoms with van der Waals surface area (Å²) >= 11 is 0. The van der Waals surface area contributed by atoms with Gasteiger partial charge in [0.05, 0.1) is 12.4 Å². The quantitative estimate of drug-likeness (QED) is 0.789. The highest BCUT2D eigenvalue weighted by Crippen LogP contribution is 2.08. The molecule has 0 aliphatic heterocycles. The van der Waals surface area contributed by atoms with E-state index in [1.807, 2.05) is 6.07 Å². The fourth-order valence-corrected chi connectivity index (χ4v) is 0.860. The summed E-state index contributed by atoms with van der Waals surface area (Å²) in [7, 11) is 0. The smallest absolute Gasteiger partial charge is 0.158 e. The van der Waals surface area contributed by atoms with Crippen molar-refractivity contribution in [3.63, 3.8) is 0 Å². The number of rotatable bonds is 3. The first kappa shape index (κ1) is 10.5. The van der Waals surface area contributed by atoms with Gasteiger partial charge in [-0.2, -0.15) is 5.26 Å². The third-order valence-corrected chi connectivity index (χ3v) is 2.14. The van der Waals surface area contributed by atoms with Gasteiger partial charge in [0, 0.05) is 6.04 Å². The van der Waals surface area contributed by atoms with Crippen molar-refractivity contribution < 1.29 is 0 Å². The molecular formula is C10H14N4. The zero-order chi connectivity index (χ0) is 10.6. The van der Waals surface area contributed by atoms with Crippen LogP contribution in [0.2, 0.25) is 0 Å². The highest BCUT2D eigenvalue weighted by molar-refractivity contribution is 5.34. The maximum atomic E-state index is 8.53. The molecule has 0 radical (unpaired) electrons. The Bertz CT molecular complexity index is 323. The van der Waals surface area contributed by atoms with Crippen LogP contribution in [0.5, 0.6) is 0 Å². The van der Waals surface area contributed by atoms with Crippen LogP contribution in [0.4, 0.5) is 5.82 Å². The fourth-order valence-electron chi connectivity index (χ4n) is 0.860. The van der Waals surface area contributed by atoms with E-state index in [2.05, 4.69) is 36.1 Å². The molecule has 4 nitrogen and oxygen atoms in total. The molecule has 0 spiro atoms. The Morgan fingerprint density at radius 3 is 2.43 bits per heavy atom. The van der Waals surface area contributed by atoms with Crippen molar-refractivity contribution in [2.75, 3.05) is 5.32 Å². The molecule has 0 aliphatic rings. The second kappa shape index (κ2) is 4.56. The lowest BCUT2D eigenvalue weighted by molar-refractivity contribution is 0.558. The summed E-state index contributed by atoms with van der Waals surface area (Å²) in [5.41, 5.74) is 0.341. The number of nitrogens with zero attached hydrogens (tertiary/aromatic N) is 3. The van der Waals surface area contributed by atoms with Crippen molar-refractivity contribution in [1.82, 2.24) is 9.97 Å². The largest absolute Gasteiger partial charge is 0.366 e. The van der Waals surface area contributed by atoms with Gasteiger partial charge in [0.1, 0.15) is 11.9 Å². The van der Waals surface area contributed by atoms with Crippen LogP contribution in [0.1, 0.15) is 26.5 Å². The van der Waals surface area contributed by atoms with Gasteiger partial charge in [-0.05, 0) is 12.8 Å². The summed E-state index contributed by atoms with van der Waals surface area (Å²) < 4.78 is 0. The second-order valence-electron chi connectivity index (χ2n) is 3.58. The Hall–Kier alpha value is -1.63. The SMILES string of the molecule is CC(C)C(C)Nc1cnc(C#N)cn1. The van der Waals surface area contributed by atoms with Crippen LogP contribution in [0.15, 0.2) is 12.4 Å². The van der Waals surface area contributed by atoms with E-state index < -0.39 is 0 Å². The van der Waals surface area contributed by atoms with Crippen molar-refractivity contribution in [2.45, 2.75) is 26.8 Å². The van der Waals surface area contributed by atoms with Crippen molar-refractivity contribution in [2.24, 2.45) is 5.92 Å². The number of aromatic nitrogens is 2. The molecular weight excluding hydrogens is 176 g/mol. The molecule has 0 aliphatic carbocycles. The Morgan fingerprint density at radius 2 is 2.00 bits per heavy atom. The predicted octanol–water partition coefficient (Wildman–Crippen LogP) is 1.80. The first-order chi connectivity index (χ1) is 6.63. The summed E-state index contributed by atoms with van der Waals surface area (Å²) in [5, 5.41) is 11.7. The number of hydrogen-bond donors (Lipinski definition) is 1. The monoisotopic (exact) mass is 190 g/mol. The number of hydrogen-bond acceptors (Lipinski definition) is 4. The minimum atomic E-state index is 0.341. The van der Waals surface area contributed by atoms with Gasteiger partial charge in [0.25, 0.3) is 0 Å². The Labute approximate surface area is 84.0 Å². The molecule has 74 valence electrons. The van der Waals surface area contributed by atoms with E-state index in [0.29, 0.717) is 23.5 Å². The third-order valence-electron chi connectivity index (χ3n) is 2.14. The van der Waals surface area contributed by atoms with Crippen molar-refractivity contribution in [3.8, 4) is 6.07 Å². The van der Waals surface area contributed by atoms with Crippen molar-refractivity contribution in [1.29, 1.82) is 5.26 Å². The molecule has 0 fully saturated rings. The maximum Gasteiger partial charge on any atom is 0.158 e. The second-order valence-corrected chi connectivity index (χ2v) is 3.58. The summed E-state index contributed by atoms with van der Waals surface area (Å²) in [5.74, 6) is 1.25. The van der Waals surface area contributed by atoms with Crippen LogP contribution in [0.25, 0.3) is 0 Å².